The molecule has 2 atom stereocenters. The van der Waals surface area contributed by atoms with Gasteiger partial charge in [-0.15, -0.1) is 0 Å². The van der Waals surface area contributed by atoms with Crippen molar-refractivity contribution in [2.45, 2.75) is 84.2 Å². The number of nitrogens with zero attached hydrogens (tertiary/aromatic N) is 3. The fraction of sp³-hybridized carbons (Fsp3) is 0.567. The van der Waals surface area contributed by atoms with Crippen molar-refractivity contribution < 1.29 is 14.3 Å². The van der Waals surface area contributed by atoms with Crippen LogP contribution in [0.5, 0.6) is 0 Å². The fourth-order valence-corrected chi connectivity index (χ4v) is 5.92. The minimum atomic E-state index is -0.500. The van der Waals surface area contributed by atoms with Crippen molar-refractivity contribution in [2.75, 3.05) is 25.0 Å². The van der Waals surface area contributed by atoms with Crippen LogP contribution in [0, 0.1) is 16.7 Å². The van der Waals surface area contributed by atoms with Gasteiger partial charge in [0.15, 0.2) is 11.6 Å². The quantitative estimate of drug-likeness (QED) is 0.543. The number of carbonyl (C=O) groups excluding carboxylic acids is 1. The lowest BCUT2D eigenvalue weighted by molar-refractivity contribution is -0.155. The first-order chi connectivity index (χ1) is 17.8. The van der Waals surface area contributed by atoms with Crippen LogP contribution in [0.2, 0.25) is 0 Å². The average molecular weight is 518 g/mol. The minimum Gasteiger partial charge on any atom is -0.343 e. The van der Waals surface area contributed by atoms with Gasteiger partial charge in [0.25, 0.3) is 5.91 Å². The Morgan fingerprint density at radius 3 is 2.55 bits per heavy atom. The van der Waals surface area contributed by atoms with Crippen LogP contribution in [-0.2, 0) is 14.9 Å². The molecule has 2 saturated heterocycles. The maximum atomic E-state index is 13.0. The number of rotatable bonds is 6. The summed E-state index contributed by atoms with van der Waals surface area (Å²) in [4.78, 5) is 22.2. The summed E-state index contributed by atoms with van der Waals surface area (Å²) < 4.78 is 12.2. The third-order valence-corrected chi connectivity index (χ3v) is 8.06. The van der Waals surface area contributed by atoms with Gasteiger partial charge in [0.1, 0.15) is 24.0 Å². The molecule has 8 nitrogen and oxygen atoms in total. The van der Waals surface area contributed by atoms with E-state index in [0.717, 1.165) is 50.1 Å². The van der Waals surface area contributed by atoms with Crippen molar-refractivity contribution in [2.24, 2.45) is 5.41 Å². The second-order valence-corrected chi connectivity index (χ2v) is 12.9. The lowest BCUT2D eigenvalue weighted by atomic mass is 9.75. The number of likely N-dealkylation sites (tertiary alicyclic amines) is 1. The SMILES string of the molecule is CC1(C)CC=C(c2cc(C(C)(C)CN3C[C@@H]4OC(C)(C)O[C@@H]4C3)ccc2NC(=O)c2ncc(C#N)[nH]2)CC1. The van der Waals surface area contributed by atoms with Gasteiger partial charge in [-0.2, -0.15) is 5.26 Å². The molecule has 2 aliphatic heterocycles. The van der Waals surface area contributed by atoms with Gasteiger partial charge in [0.05, 0.1) is 6.20 Å². The highest BCUT2D eigenvalue weighted by Crippen LogP contribution is 2.42. The van der Waals surface area contributed by atoms with E-state index in [1.807, 2.05) is 26.0 Å². The van der Waals surface area contributed by atoms with E-state index in [1.165, 1.54) is 17.3 Å². The van der Waals surface area contributed by atoms with Crippen molar-refractivity contribution in [1.82, 2.24) is 14.9 Å². The summed E-state index contributed by atoms with van der Waals surface area (Å²) in [6.45, 7) is 15.7. The van der Waals surface area contributed by atoms with Crippen molar-refractivity contribution in [1.29, 1.82) is 5.26 Å². The zero-order valence-electron chi connectivity index (χ0n) is 23.4. The van der Waals surface area contributed by atoms with E-state index in [1.54, 1.807) is 0 Å². The van der Waals surface area contributed by atoms with E-state index in [9.17, 15) is 4.79 Å². The van der Waals surface area contributed by atoms with E-state index in [4.69, 9.17) is 14.7 Å². The summed E-state index contributed by atoms with van der Waals surface area (Å²) in [5.41, 5.74) is 4.71. The van der Waals surface area contributed by atoms with Crippen LogP contribution in [0.3, 0.4) is 0 Å². The van der Waals surface area contributed by atoms with E-state index in [0.29, 0.717) is 0 Å². The van der Waals surface area contributed by atoms with Gasteiger partial charge in [0.2, 0.25) is 0 Å². The van der Waals surface area contributed by atoms with Gasteiger partial charge >= 0.3 is 0 Å². The van der Waals surface area contributed by atoms with Crippen LogP contribution in [0.1, 0.15) is 88.2 Å². The number of nitriles is 1. The van der Waals surface area contributed by atoms with Crippen molar-refractivity contribution in [3.8, 4) is 6.07 Å². The molecule has 1 amide bonds. The first-order valence-electron chi connectivity index (χ1n) is 13.5. The molecule has 0 bridgehead atoms. The predicted molar refractivity (Wildman–Crippen MR) is 147 cm³/mol. The van der Waals surface area contributed by atoms with Gasteiger partial charge in [-0.25, -0.2) is 4.98 Å². The summed E-state index contributed by atoms with van der Waals surface area (Å²) in [5.74, 6) is -0.730. The molecular weight excluding hydrogens is 478 g/mol. The third kappa shape index (κ3) is 5.56. The molecule has 1 aromatic carbocycles. The van der Waals surface area contributed by atoms with Crippen molar-refractivity contribution in [3.63, 3.8) is 0 Å². The number of ether oxygens (including phenoxy) is 2. The molecule has 0 saturated carbocycles. The topological polar surface area (TPSA) is 103 Å². The second kappa shape index (κ2) is 9.64. The molecule has 1 aliphatic carbocycles. The summed E-state index contributed by atoms with van der Waals surface area (Å²) in [6, 6.07) is 8.35. The number of benzene rings is 1. The van der Waals surface area contributed by atoms with Gasteiger partial charge in [-0.05, 0) is 61.8 Å². The van der Waals surface area contributed by atoms with Crippen molar-refractivity contribution in [3.05, 3.63) is 53.1 Å². The molecular formula is C30H39N5O3. The number of carbonyl (C=O) groups is 1. The number of allylic oxidation sites excluding steroid dienone is 2. The highest BCUT2D eigenvalue weighted by molar-refractivity contribution is 6.03. The van der Waals surface area contributed by atoms with E-state index < -0.39 is 5.79 Å². The van der Waals surface area contributed by atoms with Gasteiger partial charge in [0, 0.05) is 36.3 Å². The monoisotopic (exact) mass is 517 g/mol. The predicted octanol–water partition coefficient (Wildman–Crippen LogP) is 5.24. The molecule has 3 heterocycles. The fourth-order valence-electron chi connectivity index (χ4n) is 5.92. The molecule has 1 aromatic heterocycles. The first-order valence-corrected chi connectivity index (χ1v) is 13.5. The Bertz CT molecular complexity index is 1280. The number of anilines is 1. The molecule has 2 fully saturated rings. The third-order valence-electron chi connectivity index (χ3n) is 8.06. The molecule has 0 radical (unpaired) electrons. The largest absolute Gasteiger partial charge is 0.343 e. The van der Waals surface area contributed by atoms with E-state index in [2.05, 4.69) is 66.1 Å². The van der Waals surface area contributed by atoms with E-state index in [-0.39, 0.29) is 40.5 Å². The molecule has 2 N–H and O–H groups in total. The number of amides is 1. The number of hydrogen-bond donors (Lipinski definition) is 2. The van der Waals surface area contributed by atoms with Gasteiger partial charge in [-0.3, -0.25) is 9.69 Å². The van der Waals surface area contributed by atoms with Gasteiger partial charge < -0.3 is 19.8 Å². The maximum Gasteiger partial charge on any atom is 0.291 e. The summed E-state index contributed by atoms with van der Waals surface area (Å²) in [5, 5.41) is 12.1. The molecule has 0 unspecified atom stereocenters. The van der Waals surface area contributed by atoms with Crippen LogP contribution < -0.4 is 5.32 Å². The summed E-state index contributed by atoms with van der Waals surface area (Å²) in [6.07, 6.45) is 6.98. The number of aromatic amines is 1. The zero-order valence-corrected chi connectivity index (χ0v) is 23.4. The maximum absolute atomic E-state index is 13.0. The van der Waals surface area contributed by atoms with Gasteiger partial charge in [-0.1, -0.05) is 39.8 Å². The number of H-pyrrole nitrogens is 1. The second-order valence-electron chi connectivity index (χ2n) is 12.9. The molecule has 5 rings (SSSR count). The first kappa shape index (κ1) is 26.6. The van der Waals surface area contributed by atoms with Crippen LogP contribution in [-0.4, -0.2) is 58.4 Å². The zero-order chi connectivity index (χ0) is 27.3. The average Bonchev–Trinajstić information content (AvgIpc) is 3.52. The van der Waals surface area contributed by atoms with E-state index >= 15 is 0 Å². The Labute approximate surface area is 225 Å². The van der Waals surface area contributed by atoms with Crippen LogP contribution in [0.25, 0.3) is 5.57 Å². The Morgan fingerprint density at radius 2 is 1.95 bits per heavy atom. The lowest BCUT2D eigenvalue weighted by Crippen LogP contribution is -2.38. The number of imidazole rings is 1. The number of hydrogen-bond acceptors (Lipinski definition) is 6. The number of nitrogens with one attached hydrogen (secondary N) is 2. The summed E-state index contributed by atoms with van der Waals surface area (Å²) >= 11 is 0. The molecule has 0 spiro atoms. The van der Waals surface area contributed by atoms with Crippen LogP contribution >= 0.6 is 0 Å². The molecule has 3 aliphatic rings. The Morgan fingerprint density at radius 1 is 1.24 bits per heavy atom. The molecule has 8 heteroatoms. The minimum absolute atomic E-state index is 0.118. The standard InChI is InChI=1S/C30H39N5O3/c1-28(2)11-9-19(10-12-28)22-13-20(7-8-23(22)34-27(36)26-32-15-21(14-31)33-26)29(3,4)18-35-16-24-25(17-35)38-30(5,6)37-24/h7-9,13,15,24-25H,10-12,16-18H2,1-6H3,(H,32,33)(H,34,36)/t24-,25+. The molecule has 38 heavy (non-hydrogen) atoms. The lowest BCUT2D eigenvalue weighted by Gasteiger charge is -2.33. The molecule has 2 aromatic rings. The Hall–Kier alpha value is -2.99. The van der Waals surface area contributed by atoms with Crippen molar-refractivity contribution >= 4 is 17.2 Å². The number of aromatic nitrogens is 2. The summed E-state index contributed by atoms with van der Waals surface area (Å²) in [7, 11) is 0. The smallest absolute Gasteiger partial charge is 0.291 e. The normalized spacial score (nSPS) is 24.5. The van der Waals surface area contributed by atoms with Crippen LogP contribution in [0.4, 0.5) is 5.69 Å². The highest BCUT2D eigenvalue weighted by Gasteiger charge is 2.47. The Kier molecular flexibility index (Phi) is 6.75. The molecule has 202 valence electrons. The Balaban J connectivity index is 1.39. The van der Waals surface area contributed by atoms with Crippen LogP contribution in [0.15, 0.2) is 30.5 Å². The highest BCUT2D eigenvalue weighted by atomic mass is 16.8. The number of fused-ring (bicyclic) bond motifs is 1.